The van der Waals surface area contributed by atoms with Gasteiger partial charge in [-0.25, -0.2) is 0 Å². The zero-order valence-corrected chi connectivity index (χ0v) is 11.7. The van der Waals surface area contributed by atoms with Crippen LogP contribution in [0.2, 0.25) is 0 Å². The Balaban J connectivity index is 2.01. The molecule has 0 aromatic heterocycles. The molecule has 1 atom stereocenters. The number of ether oxygens (including phenoxy) is 3. The Labute approximate surface area is 114 Å². The van der Waals surface area contributed by atoms with E-state index in [0.717, 1.165) is 0 Å². The van der Waals surface area contributed by atoms with Gasteiger partial charge in [0.1, 0.15) is 6.61 Å². The van der Waals surface area contributed by atoms with Crippen molar-refractivity contribution >= 4 is 0 Å². The van der Waals surface area contributed by atoms with E-state index in [0.29, 0.717) is 29.8 Å². The minimum atomic E-state index is 0.0807. The largest absolute Gasteiger partial charge is 0.493 e. The summed E-state index contributed by atoms with van der Waals surface area (Å²) >= 11 is 0. The van der Waals surface area contributed by atoms with Crippen LogP contribution in [0, 0.1) is 5.92 Å². The Kier molecular flexibility index (Phi) is 4.91. The second kappa shape index (κ2) is 6.66. The van der Waals surface area contributed by atoms with Crippen LogP contribution < -0.4 is 19.9 Å². The molecule has 0 heterocycles. The first kappa shape index (κ1) is 14.0. The molecule has 4 nitrogen and oxygen atoms in total. The molecule has 0 saturated heterocycles. The van der Waals surface area contributed by atoms with Crippen molar-refractivity contribution in [1.29, 1.82) is 0 Å². The Morgan fingerprint density at radius 3 is 2.26 bits per heavy atom. The van der Waals surface area contributed by atoms with Gasteiger partial charge < -0.3 is 19.9 Å². The molecule has 0 radical (unpaired) electrons. The van der Waals surface area contributed by atoms with E-state index in [-0.39, 0.29) is 6.04 Å². The molecule has 1 aliphatic carbocycles. The van der Waals surface area contributed by atoms with Crippen LogP contribution in [0.25, 0.3) is 0 Å². The summed E-state index contributed by atoms with van der Waals surface area (Å²) in [6.07, 6.45) is 5.01. The lowest BCUT2D eigenvalue weighted by molar-refractivity contribution is 0.227. The van der Waals surface area contributed by atoms with Gasteiger partial charge >= 0.3 is 0 Å². The van der Waals surface area contributed by atoms with Gasteiger partial charge in [0.25, 0.3) is 0 Å². The van der Waals surface area contributed by atoms with Crippen molar-refractivity contribution in [3.63, 3.8) is 0 Å². The highest BCUT2D eigenvalue weighted by atomic mass is 16.5. The first-order valence-corrected chi connectivity index (χ1v) is 6.85. The zero-order chi connectivity index (χ0) is 13.7. The highest BCUT2D eigenvalue weighted by Gasteiger charge is 2.23. The fraction of sp³-hybridized carbons (Fsp3) is 0.600. The predicted molar refractivity (Wildman–Crippen MR) is 75.0 cm³/mol. The molecule has 1 unspecified atom stereocenters. The van der Waals surface area contributed by atoms with Gasteiger partial charge in [-0.2, -0.15) is 0 Å². The van der Waals surface area contributed by atoms with Gasteiger partial charge in [0.05, 0.1) is 14.2 Å². The van der Waals surface area contributed by atoms with E-state index < -0.39 is 0 Å². The average Bonchev–Trinajstić information content (AvgIpc) is 2.98. The van der Waals surface area contributed by atoms with Crippen LogP contribution in [-0.2, 0) is 0 Å². The van der Waals surface area contributed by atoms with Crippen molar-refractivity contribution in [3.8, 4) is 17.2 Å². The highest BCUT2D eigenvalue weighted by Crippen LogP contribution is 2.37. The summed E-state index contributed by atoms with van der Waals surface area (Å²) in [4.78, 5) is 0. The molecular formula is C15H23NO3. The quantitative estimate of drug-likeness (QED) is 0.859. The summed E-state index contributed by atoms with van der Waals surface area (Å²) in [6, 6.07) is 5.68. The number of hydrogen-bond donors (Lipinski definition) is 1. The van der Waals surface area contributed by atoms with E-state index in [1.165, 1.54) is 25.7 Å². The summed E-state index contributed by atoms with van der Waals surface area (Å²) in [5.41, 5.74) is 6.20. The SMILES string of the molecule is COc1cccc(OC)c1OCC(N)C1CCCC1. The maximum Gasteiger partial charge on any atom is 0.203 e. The lowest BCUT2D eigenvalue weighted by atomic mass is 10.00. The van der Waals surface area contributed by atoms with Gasteiger partial charge in [-0.1, -0.05) is 18.9 Å². The van der Waals surface area contributed by atoms with Crippen molar-refractivity contribution < 1.29 is 14.2 Å². The summed E-state index contributed by atoms with van der Waals surface area (Å²) < 4.78 is 16.4. The van der Waals surface area contributed by atoms with Crippen LogP contribution >= 0.6 is 0 Å². The van der Waals surface area contributed by atoms with Gasteiger partial charge in [0.2, 0.25) is 5.75 Å². The molecule has 2 N–H and O–H groups in total. The van der Waals surface area contributed by atoms with Gasteiger partial charge in [0, 0.05) is 6.04 Å². The van der Waals surface area contributed by atoms with Gasteiger partial charge in [-0.05, 0) is 30.9 Å². The van der Waals surface area contributed by atoms with Gasteiger partial charge in [-0.15, -0.1) is 0 Å². The third-order valence-electron chi connectivity index (χ3n) is 3.81. The maximum absolute atomic E-state index is 6.20. The summed E-state index contributed by atoms with van der Waals surface area (Å²) in [7, 11) is 3.25. The number of nitrogens with two attached hydrogens (primary N) is 1. The van der Waals surface area contributed by atoms with E-state index in [4.69, 9.17) is 19.9 Å². The molecule has 0 bridgehead atoms. The number of hydrogen-bond acceptors (Lipinski definition) is 4. The van der Waals surface area contributed by atoms with E-state index in [9.17, 15) is 0 Å². The highest BCUT2D eigenvalue weighted by molar-refractivity contribution is 5.51. The van der Waals surface area contributed by atoms with Crippen molar-refractivity contribution in [2.24, 2.45) is 11.7 Å². The molecule has 0 amide bonds. The predicted octanol–water partition coefficient (Wildman–Crippen LogP) is 2.60. The summed E-state index contributed by atoms with van der Waals surface area (Å²) in [5, 5.41) is 0. The van der Waals surface area contributed by atoms with Crippen LogP contribution in [0.4, 0.5) is 0 Å². The van der Waals surface area contributed by atoms with E-state index in [1.54, 1.807) is 14.2 Å². The third kappa shape index (κ3) is 3.32. The zero-order valence-electron chi connectivity index (χ0n) is 11.7. The lowest BCUT2D eigenvalue weighted by Crippen LogP contribution is -2.34. The minimum Gasteiger partial charge on any atom is -0.493 e. The molecule has 0 spiro atoms. The Morgan fingerprint density at radius 2 is 1.74 bits per heavy atom. The van der Waals surface area contributed by atoms with Crippen LogP contribution in [0.15, 0.2) is 18.2 Å². The second-order valence-electron chi connectivity index (χ2n) is 5.01. The van der Waals surface area contributed by atoms with Crippen molar-refractivity contribution in [3.05, 3.63) is 18.2 Å². The van der Waals surface area contributed by atoms with Crippen LogP contribution in [0.3, 0.4) is 0 Å². The van der Waals surface area contributed by atoms with Crippen molar-refractivity contribution in [1.82, 2.24) is 0 Å². The first-order chi connectivity index (χ1) is 9.26. The van der Waals surface area contributed by atoms with E-state index in [2.05, 4.69) is 0 Å². The third-order valence-corrected chi connectivity index (χ3v) is 3.81. The van der Waals surface area contributed by atoms with Crippen molar-refractivity contribution in [2.45, 2.75) is 31.7 Å². The lowest BCUT2D eigenvalue weighted by Gasteiger charge is -2.21. The number of benzene rings is 1. The second-order valence-corrected chi connectivity index (χ2v) is 5.01. The molecule has 4 heteroatoms. The molecular weight excluding hydrogens is 242 g/mol. The standard InChI is InChI=1S/C15H23NO3/c1-17-13-8-5-9-14(18-2)15(13)19-10-12(16)11-6-3-4-7-11/h5,8-9,11-12H,3-4,6-7,10,16H2,1-2H3. The molecule has 0 aliphatic heterocycles. The fourth-order valence-corrected chi connectivity index (χ4v) is 2.66. The number of methoxy groups -OCH3 is 2. The number of rotatable bonds is 6. The Hall–Kier alpha value is -1.42. The van der Waals surface area contributed by atoms with Crippen molar-refractivity contribution in [2.75, 3.05) is 20.8 Å². The topological polar surface area (TPSA) is 53.7 Å². The van der Waals surface area contributed by atoms with E-state index in [1.807, 2.05) is 18.2 Å². The normalized spacial score (nSPS) is 17.2. The first-order valence-electron chi connectivity index (χ1n) is 6.85. The van der Waals surface area contributed by atoms with E-state index >= 15 is 0 Å². The minimum absolute atomic E-state index is 0.0807. The molecule has 1 aromatic carbocycles. The van der Waals surface area contributed by atoms with Gasteiger partial charge in [0.15, 0.2) is 11.5 Å². The molecule has 19 heavy (non-hydrogen) atoms. The molecule has 1 fully saturated rings. The molecule has 1 saturated carbocycles. The van der Waals surface area contributed by atoms with Crippen LogP contribution in [0.1, 0.15) is 25.7 Å². The van der Waals surface area contributed by atoms with Crippen LogP contribution in [-0.4, -0.2) is 26.9 Å². The van der Waals surface area contributed by atoms with Crippen LogP contribution in [0.5, 0.6) is 17.2 Å². The fourth-order valence-electron chi connectivity index (χ4n) is 2.66. The summed E-state index contributed by atoms with van der Waals surface area (Å²) in [5.74, 6) is 2.58. The molecule has 2 rings (SSSR count). The number of para-hydroxylation sites is 1. The Bertz CT molecular complexity index is 380. The maximum atomic E-state index is 6.20. The molecule has 106 valence electrons. The van der Waals surface area contributed by atoms with Gasteiger partial charge in [-0.3, -0.25) is 0 Å². The molecule has 1 aliphatic rings. The summed E-state index contributed by atoms with van der Waals surface area (Å²) in [6.45, 7) is 0.501. The molecule has 1 aromatic rings. The average molecular weight is 265 g/mol. The smallest absolute Gasteiger partial charge is 0.203 e. The Morgan fingerprint density at radius 1 is 1.16 bits per heavy atom. The monoisotopic (exact) mass is 265 g/mol.